The summed E-state index contributed by atoms with van der Waals surface area (Å²) < 4.78 is 0. The highest BCUT2D eigenvalue weighted by Gasteiger charge is 2.35. The van der Waals surface area contributed by atoms with Gasteiger partial charge in [-0.1, -0.05) is 12.8 Å². The van der Waals surface area contributed by atoms with Crippen molar-refractivity contribution >= 4 is 11.8 Å². The van der Waals surface area contributed by atoms with E-state index < -0.39 is 5.97 Å². The van der Waals surface area contributed by atoms with Gasteiger partial charge in [0.05, 0.1) is 0 Å². The Balaban J connectivity index is 1.90. The highest BCUT2D eigenvalue weighted by atomic mass is 16.4. The van der Waals surface area contributed by atoms with Crippen molar-refractivity contribution in [2.75, 3.05) is 11.4 Å². The van der Waals surface area contributed by atoms with Crippen LogP contribution in [0.15, 0.2) is 12.4 Å². The first-order valence-corrected chi connectivity index (χ1v) is 7.08. The van der Waals surface area contributed by atoms with E-state index in [9.17, 15) is 9.90 Å². The third-order valence-corrected chi connectivity index (χ3v) is 4.40. The Bertz CT molecular complexity index is 472. The molecule has 0 aromatic carbocycles. The molecule has 5 heteroatoms. The summed E-state index contributed by atoms with van der Waals surface area (Å²) in [6.07, 6.45) is 10.5. The Labute approximate surface area is 112 Å². The molecule has 1 saturated carbocycles. The summed E-state index contributed by atoms with van der Waals surface area (Å²) in [6, 6.07) is 0.456. The maximum atomic E-state index is 11.3. The van der Waals surface area contributed by atoms with Gasteiger partial charge >= 0.3 is 5.97 Å². The normalized spacial score (nSPS) is 24.0. The average Bonchev–Trinajstić information content (AvgIpc) is 3.09. The van der Waals surface area contributed by atoms with E-state index in [2.05, 4.69) is 14.9 Å². The summed E-state index contributed by atoms with van der Waals surface area (Å²) >= 11 is 0. The standard InChI is InChI=1S/C14H19N3O2/c18-14(19)12-13(16-8-7-15-12)17-9-3-6-11(17)10-4-1-2-5-10/h7-8,10-11H,1-6,9H2,(H,18,19). The Morgan fingerprint density at radius 2 is 1.89 bits per heavy atom. The minimum absolute atomic E-state index is 0.0902. The summed E-state index contributed by atoms with van der Waals surface area (Å²) in [6.45, 7) is 0.903. The van der Waals surface area contributed by atoms with Gasteiger partial charge < -0.3 is 10.0 Å². The van der Waals surface area contributed by atoms with Crippen LogP contribution in [0.3, 0.4) is 0 Å². The molecule has 1 atom stereocenters. The first kappa shape index (κ1) is 12.4. The Morgan fingerprint density at radius 1 is 1.16 bits per heavy atom. The number of anilines is 1. The molecule has 0 radical (unpaired) electrons. The lowest BCUT2D eigenvalue weighted by Crippen LogP contribution is -2.36. The summed E-state index contributed by atoms with van der Waals surface area (Å²) in [7, 11) is 0. The topological polar surface area (TPSA) is 66.3 Å². The Hall–Kier alpha value is -1.65. The molecule has 1 aromatic heterocycles. The van der Waals surface area contributed by atoms with Crippen molar-refractivity contribution < 1.29 is 9.90 Å². The van der Waals surface area contributed by atoms with Crippen LogP contribution in [-0.2, 0) is 0 Å². The zero-order valence-electron chi connectivity index (χ0n) is 11.0. The van der Waals surface area contributed by atoms with Crippen LogP contribution in [0.25, 0.3) is 0 Å². The third-order valence-electron chi connectivity index (χ3n) is 4.40. The van der Waals surface area contributed by atoms with Crippen molar-refractivity contribution in [1.82, 2.24) is 9.97 Å². The van der Waals surface area contributed by atoms with Crippen LogP contribution in [0.5, 0.6) is 0 Å². The predicted molar refractivity (Wildman–Crippen MR) is 71.3 cm³/mol. The average molecular weight is 261 g/mol. The van der Waals surface area contributed by atoms with Gasteiger partial charge in [-0.25, -0.2) is 14.8 Å². The van der Waals surface area contributed by atoms with Crippen molar-refractivity contribution in [3.8, 4) is 0 Å². The van der Waals surface area contributed by atoms with Gasteiger partial charge in [0.2, 0.25) is 0 Å². The second kappa shape index (κ2) is 5.15. The quantitative estimate of drug-likeness (QED) is 0.904. The van der Waals surface area contributed by atoms with Gasteiger partial charge in [0.25, 0.3) is 0 Å². The smallest absolute Gasteiger partial charge is 0.358 e. The number of hydrogen-bond acceptors (Lipinski definition) is 4. The highest BCUT2D eigenvalue weighted by molar-refractivity contribution is 5.91. The number of hydrogen-bond donors (Lipinski definition) is 1. The minimum atomic E-state index is -0.986. The maximum absolute atomic E-state index is 11.3. The molecule has 102 valence electrons. The molecule has 0 amide bonds. The molecule has 1 unspecified atom stereocenters. The lowest BCUT2D eigenvalue weighted by molar-refractivity contribution is 0.0690. The Kier molecular flexibility index (Phi) is 3.36. The molecule has 0 spiro atoms. The molecule has 1 N–H and O–H groups in total. The van der Waals surface area contributed by atoms with Crippen LogP contribution >= 0.6 is 0 Å². The fraction of sp³-hybridized carbons (Fsp3) is 0.643. The second-order valence-electron chi connectivity index (χ2n) is 5.48. The molecular formula is C14H19N3O2. The van der Waals surface area contributed by atoms with Gasteiger partial charge in [0.15, 0.2) is 11.5 Å². The van der Waals surface area contributed by atoms with Crippen LogP contribution < -0.4 is 4.90 Å². The number of rotatable bonds is 3. The number of carboxylic acid groups (broad SMARTS) is 1. The van der Waals surface area contributed by atoms with Gasteiger partial charge in [-0.05, 0) is 31.6 Å². The third kappa shape index (κ3) is 2.29. The molecule has 5 nitrogen and oxygen atoms in total. The van der Waals surface area contributed by atoms with Crippen LogP contribution in [0.1, 0.15) is 49.0 Å². The molecule has 3 rings (SSSR count). The molecular weight excluding hydrogens is 242 g/mol. The van der Waals surface area contributed by atoms with E-state index in [1.54, 1.807) is 6.20 Å². The minimum Gasteiger partial charge on any atom is -0.476 e. The second-order valence-corrected chi connectivity index (χ2v) is 5.48. The summed E-state index contributed by atoms with van der Waals surface area (Å²) in [5, 5.41) is 9.25. The molecule has 1 aliphatic heterocycles. The van der Waals surface area contributed by atoms with Crippen molar-refractivity contribution in [2.24, 2.45) is 5.92 Å². The van der Waals surface area contributed by atoms with Crippen LogP contribution in [0.2, 0.25) is 0 Å². The van der Waals surface area contributed by atoms with E-state index in [1.165, 1.54) is 31.9 Å². The number of aromatic carboxylic acids is 1. The predicted octanol–water partition coefficient (Wildman–Crippen LogP) is 2.33. The molecule has 1 aliphatic carbocycles. The molecule has 1 saturated heterocycles. The van der Waals surface area contributed by atoms with E-state index >= 15 is 0 Å². The summed E-state index contributed by atoms with van der Waals surface area (Å²) in [5.41, 5.74) is 0.0902. The SMILES string of the molecule is O=C(O)c1nccnc1N1CCCC1C1CCCC1. The first-order chi connectivity index (χ1) is 9.27. The van der Waals surface area contributed by atoms with Gasteiger partial charge in [-0.3, -0.25) is 0 Å². The fourth-order valence-electron chi connectivity index (χ4n) is 3.58. The number of carboxylic acids is 1. The van der Waals surface area contributed by atoms with Gasteiger partial charge in [0, 0.05) is 25.0 Å². The number of carbonyl (C=O) groups is 1. The number of nitrogens with zero attached hydrogens (tertiary/aromatic N) is 3. The van der Waals surface area contributed by atoms with Gasteiger partial charge in [-0.15, -0.1) is 0 Å². The molecule has 1 aromatic rings. The lowest BCUT2D eigenvalue weighted by atomic mass is 9.96. The van der Waals surface area contributed by atoms with Gasteiger partial charge in [0.1, 0.15) is 0 Å². The van der Waals surface area contributed by atoms with E-state index in [-0.39, 0.29) is 5.69 Å². The van der Waals surface area contributed by atoms with Crippen molar-refractivity contribution in [1.29, 1.82) is 0 Å². The van der Waals surface area contributed by atoms with E-state index in [0.29, 0.717) is 17.8 Å². The van der Waals surface area contributed by atoms with Crippen molar-refractivity contribution in [3.05, 3.63) is 18.1 Å². The summed E-state index contributed by atoms with van der Waals surface area (Å²) in [5.74, 6) is 0.274. The zero-order valence-corrected chi connectivity index (χ0v) is 11.0. The summed E-state index contributed by atoms with van der Waals surface area (Å²) in [4.78, 5) is 21.7. The van der Waals surface area contributed by atoms with Gasteiger partial charge in [-0.2, -0.15) is 0 Å². The van der Waals surface area contributed by atoms with E-state index in [0.717, 1.165) is 19.4 Å². The lowest BCUT2D eigenvalue weighted by Gasteiger charge is -2.30. The monoisotopic (exact) mass is 261 g/mol. The molecule has 2 fully saturated rings. The number of aromatic nitrogens is 2. The fourth-order valence-corrected chi connectivity index (χ4v) is 3.58. The van der Waals surface area contributed by atoms with Crippen molar-refractivity contribution in [3.63, 3.8) is 0 Å². The molecule has 19 heavy (non-hydrogen) atoms. The van der Waals surface area contributed by atoms with Crippen LogP contribution in [0, 0.1) is 5.92 Å². The van der Waals surface area contributed by atoms with E-state index in [4.69, 9.17) is 0 Å². The van der Waals surface area contributed by atoms with Crippen molar-refractivity contribution in [2.45, 2.75) is 44.6 Å². The highest BCUT2D eigenvalue weighted by Crippen LogP contribution is 2.37. The molecule has 0 bridgehead atoms. The largest absolute Gasteiger partial charge is 0.476 e. The molecule has 2 heterocycles. The Morgan fingerprint density at radius 3 is 2.63 bits per heavy atom. The van der Waals surface area contributed by atoms with Crippen LogP contribution in [0.4, 0.5) is 5.82 Å². The zero-order chi connectivity index (χ0) is 13.2. The van der Waals surface area contributed by atoms with E-state index in [1.807, 2.05) is 0 Å². The van der Waals surface area contributed by atoms with Crippen LogP contribution in [-0.4, -0.2) is 33.6 Å². The molecule has 2 aliphatic rings. The maximum Gasteiger partial charge on any atom is 0.358 e. The first-order valence-electron chi connectivity index (χ1n) is 7.08.